The molecule has 1 fully saturated rings. The molecule has 2 heterocycles. The molecule has 1 amide bonds. The van der Waals surface area contributed by atoms with E-state index in [1.807, 2.05) is 30.9 Å². The van der Waals surface area contributed by atoms with Crippen LogP contribution in [-0.4, -0.2) is 42.6 Å². The number of nitrogens with two attached hydrogens (primary N) is 1. The highest BCUT2D eigenvalue weighted by Crippen LogP contribution is 2.20. The molecule has 19 heavy (non-hydrogen) atoms. The highest BCUT2D eigenvalue weighted by atomic mass is 32.1. The maximum atomic E-state index is 12.4. The summed E-state index contributed by atoms with van der Waals surface area (Å²) in [5, 5.41) is 0. The van der Waals surface area contributed by atoms with Gasteiger partial charge in [-0.25, -0.2) is 0 Å². The van der Waals surface area contributed by atoms with Crippen LogP contribution < -0.4 is 5.73 Å². The number of nitrogens with zero attached hydrogens (tertiary/aromatic N) is 1. The first-order valence-corrected chi connectivity index (χ1v) is 7.15. The molecule has 2 N–H and O–H groups in total. The second-order valence-corrected chi connectivity index (χ2v) is 5.72. The van der Waals surface area contributed by atoms with Gasteiger partial charge in [0.05, 0.1) is 28.5 Å². The lowest BCUT2D eigenvalue weighted by Gasteiger charge is -2.35. The van der Waals surface area contributed by atoms with Gasteiger partial charge in [0.2, 0.25) is 0 Å². The Balaban J connectivity index is 2.08. The maximum Gasteiger partial charge on any atom is 0.264 e. The monoisotopic (exact) mass is 278 g/mol. The molecule has 5 heteroatoms. The van der Waals surface area contributed by atoms with Crippen molar-refractivity contribution in [2.75, 3.05) is 19.6 Å². The summed E-state index contributed by atoms with van der Waals surface area (Å²) in [6.45, 7) is 5.60. The van der Waals surface area contributed by atoms with Crippen molar-refractivity contribution in [3.05, 3.63) is 21.9 Å². The van der Waals surface area contributed by atoms with Crippen molar-refractivity contribution in [1.29, 1.82) is 0 Å². The fourth-order valence-corrected chi connectivity index (χ4v) is 3.01. The van der Waals surface area contributed by atoms with Crippen LogP contribution in [0.4, 0.5) is 0 Å². The van der Waals surface area contributed by atoms with E-state index < -0.39 is 0 Å². The Morgan fingerprint density at radius 1 is 1.47 bits per heavy atom. The van der Waals surface area contributed by atoms with E-state index in [9.17, 15) is 4.79 Å². The lowest BCUT2D eigenvalue weighted by molar-refractivity contribution is -0.0585. The number of hydrogen-bond donors (Lipinski definition) is 1. The summed E-state index contributed by atoms with van der Waals surface area (Å²) in [4.78, 5) is 15.8. The van der Waals surface area contributed by atoms with Crippen LogP contribution in [0.2, 0.25) is 0 Å². The second kappa shape index (κ2) is 6.20. The predicted molar refractivity (Wildman–Crippen MR) is 76.2 cm³/mol. The fraction of sp³-hybridized carbons (Fsp3) is 0.500. The third-order valence-electron chi connectivity index (χ3n) is 2.84. The lowest BCUT2D eigenvalue weighted by atomic mass is 10.2. The molecule has 1 saturated heterocycles. The Kier molecular flexibility index (Phi) is 4.59. The van der Waals surface area contributed by atoms with Crippen LogP contribution in [0.5, 0.6) is 0 Å². The Morgan fingerprint density at radius 3 is 2.79 bits per heavy atom. The van der Waals surface area contributed by atoms with Crippen molar-refractivity contribution in [3.8, 4) is 11.8 Å². The van der Waals surface area contributed by atoms with E-state index in [1.165, 1.54) is 11.3 Å². The minimum Gasteiger partial charge on any atom is -0.372 e. The number of morpholine rings is 1. The third-order valence-corrected chi connectivity index (χ3v) is 3.83. The molecule has 2 atom stereocenters. The average molecular weight is 278 g/mol. The molecule has 0 aromatic carbocycles. The van der Waals surface area contributed by atoms with Crippen molar-refractivity contribution < 1.29 is 9.53 Å². The average Bonchev–Trinajstić information content (AvgIpc) is 2.83. The van der Waals surface area contributed by atoms with Gasteiger partial charge < -0.3 is 15.4 Å². The number of thiophene rings is 1. The second-order valence-electron chi connectivity index (χ2n) is 4.64. The summed E-state index contributed by atoms with van der Waals surface area (Å²) in [6, 6.07) is 3.70. The molecule has 0 bridgehead atoms. The highest BCUT2D eigenvalue weighted by molar-refractivity contribution is 7.14. The summed E-state index contributed by atoms with van der Waals surface area (Å²) >= 11 is 1.42. The van der Waals surface area contributed by atoms with Crippen molar-refractivity contribution in [2.45, 2.75) is 26.1 Å². The van der Waals surface area contributed by atoms with Gasteiger partial charge in [-0.15, -0.1) is 11.3 Å². The number of ether oxygens (including phenoxy) is 1. The van der Waals surface area contributed by atoms with Crippen molar-refractivity contribution in [3.63, 3.8) is 0 Å². The van der Waals surface area contributed by atoms with Gasteiger partial charge >= 0.3 is 0 Å². The Labute approximate surface area is 117 Å². The van der Waals surface area contributed by atoms with Crippen LogP contribution >= 0.6 is 11.3 Å². The number of rotatable bonds is 1. The van der Waals surface area contributed by atoms with E-state index in [1.54, 1.807) is 0 Å². The smallest absolute Gasteiger partial charge is 0.264 e. The number of carbonyl (C=O) groups excluding carboxylic acids is 1. The molecular weight excluding hydrogens is 260 g/mol. The fourth-order valence-electron chi connectivity index (χ4n) is 2.16. The van der Waals surface area contributed by atoms with Crippen molar-refractivity contribution in [1.82, 2.24) is 4.90 Å². The summed E-state index contributed by atoms with van der Waals surface area (Å²) in [5.74, 6) is 5.80. The maximum absolute atomic E-state index is 12.4. The van der Waals surface area contributed by atoms with Gasteiger partial charge in [-0.1, -0.05) is 11.8 Å². The molecule has 0 spiro atoms. The first kappa shape index (κ1) is 14.1. The molecule has 4 nitrogen and oxygen atoms in total. The van der Waals surface area contributed by atoms with Gasteiger partial charge in [-0.05, 0) is 26.0 Å². The van der Waals surface area contributed by atoms with Gasteiger partial charge in [0.25, 0.3) is 5.91 Å². The SMILES string of the molecule is C[C@@H]1CN(C(=O)c2ccc(C#CCN)s2)C[C@H](C)O1. The van der Waals surface area contributed by atoms with E-state index in [4.69, 9.17) is 10.5 Å². The molecule has 0 aliphatic carbocycles. The van der Waals surface area contributed by atoms with Gasteiger partial charge in [-0.2, -0.15) is 0 Å². The predicted octanol–water partition coefficient (Wildman–Crippen LogP) is 1.31. The summed E-state index contributed by atoms with van der Waals surface area (Å²) in [7, 11) is 0. The van der Waals surface area contributed by atoms with E-state index in [0.717, 1.165) is 9.75 Å². The molecule has 1 aliphatic heterocycles. The van der Waals surface area contributed by atoms with Crippen molar-refractivity contribution >= 4 is 17.2 Å². The molecule has 1 aliphatic rings. The molecule has 0 unspecified atom stereocenters. The summed E-state index contributed by atoms with van der Waals surface area (Å²) in [5.41, 5.74) is 5.33. The van der Waals surface area contributed by atoms with Crippen LogP contribution in [0.1, 0.15) is 28.4 Å². The summed E-state index contributed by atoms with van der Waals surface area (Å²) < 4.78 is 5.63. The van der Waals surface area contributed by atoms with Gasteiger partial charge in [0.15, 0.2) is 0 Å². The Hall–Kier alpha value is -1.35. The molecular formula is C14H18N2O2S. The lowest BCUT2D eigenvalue weighted by Crippen LogP contribution is -2.48. The summed E-state index contributed by atoms with van der Waals surface area (Å²) in [6.07, 6.45) is 0.174. The quantitative estimate of drug-likeness (QED) is 0.788. The minimum atomic E-state index is 0.0628. The minimum absolute atomic E-state index is 0.0628. The van der Waals surface area contributed by atoms with Crippen LogP contribution in [0.3, 0.4) is 0 Å². The molecule has 2 rings (SSSR count). The van der Waals surface area contributed by atoms with Crippen LogP contribution in [0.25, 0.3) is 0 Å². The van der Waals surface area contributed by atoms with E-state index >= 15 is 0 Å². The molecule has 1 aromatic heterocycles. The number of amides is 1. The zero-order chi connectivity index (χ0) is 13.8. The first-order valence-electron chi connectivity index (χ1n) is 6.33. The third kappa shape index (κ3) is 3.57. The van der Waals surface area contributed by atoms with E-state index in [-0.39, 0.29) is 18.1 Å². The van der Waals surface area contributed by atoms with E-state index in [0.29, 0.717) is 19.6 Å². The van der Waals surface area contributed by atoms with E-state index in [2.05, 4.69) is 11.8 Å². The van der Waals surface area contributed by atoms with Crippen LogP contribution in [0, 0.1) is 11.8 Å². The molecule has 0 radical (unpaired) electrons. The number of carbonyl (C=O) groups is 1. The number of hydrogen-bond acceptors (Lipinski definition) is 4. The molecule has 0 saturated carbocycles. The van der Waals surface area contributed by atoms with Gasteiger partial charge in [0.1, 0.15) is 0 Å². The van der Waals surface area contributed by atoms with Crippen molar-refractivity contribution in [2.24, 2.45) is 5.73 Å². The van der Waals surface area contributed by atoms with Crippen LogP contribution in [0.15, 0.2) is 12.1 Å². The molecule has 1 aromatic rings. The zero-order valence-electron chi connectivity index (χ0n) is 11.2. The van der Waals surface area contributed by atoms with Crippen LogP contribution in [-0.2, 0) is 4.74 Å². The highest BCUT2D eigenvalue weighted by Gasteiger charge is 2.27. The molecule has 102 valence electrons. The zero-order valence-corrected chi connectivity index (χ0v) is 12.0. The normalized spacial score (nSPS) is 22.8. The Bertz CT molecular complexity index is 505. The van der Waals surface area contributed by atoms with Gasteiger partial charge in [0, 0.05) is 13.1 Å². The van der Waals surface area contributed by atoms with Gasteiger partial charge in [-0.3, -0.25) is 4.79 Å². The largest absolute Gasteiger partial charge is 0.372 e. The first-order chi connectivity index (χ1) is 9.10. The topological polar surface area (TPSA) is 55.6 Å². The standard InChI is InChI=1S/C14H18N2O2S/c1-10-8-16(9-11(2)18-10)14(17)13-6-5-12(19-13)4-3-7-15/h5-6,10-11H,7-9,15H2,1-2H3/t10-,11+. The Morgan fingerprint density at radius 2 is 2.16 bits per heavy atom.